The molecular formula is C19H21N7OS. The van der Waals surface area contributed by atoms with Gasteiger partial charge in [0.05, 0.1) is 36.8 Å². The zero-order valence-electron chi connectivity index (χ0n) is 15.6. The van der Waals surface area contributed by atoms with E-state index in [0.29, 0.717) is 29.7 Å². The lowest BCUT2D eigenvalue weighted by molar-refractivity contribution is 0.0793. The van der Waals surface area contributed by atoms with Gasteiger partial charge in [-0.2, -0.15) is 10.5 Å². The number of rotatable bonds is 7. The third kappa shape index (κ3) is 4.63. The van der Waals surface area contributed by atoms with Crippen LogP contribution in [0.4, 0.5) is 10.9 Å². The summed E-state index contributed by atoms with van der Waals surface area (Å²) in [5, 5.41) is 23.1. The maximum absolute atomic E-state index is 12.3. The fraction of sp³-hybridized carbons (Fsp3) is 0.421. The zero-order chi connectivity index (χ0) is 19.9. The van der Waals surface area contributed by atoms with Crippen molar-refractivity contribution in [2.24, 2.45) is 0 Å². The van der Waals surface area contributed by atoms with Crippen LogP contribution in [0.2, 0.25) is 0 Å². The van der Waals surface area contributed by atoms with E-state index in [-0.39, 0.29) is 18.4 Å². The average Bonchev–Trinajstić information content (AvgIpc) is 3.35. The standard InChI is InChI=1S/C19H21N7OS/c1-25(10-4-8-20)18(27)15-13-28-19(23-15)24-17-7-2-5-14(22-17)16-6-3-11-26(16)12-9-21/h2,5,7,13,16H,3-4,6,10-12H2,1H3,(H,22,23,24)/t16-/m0/s1. The van der Waals surface area contributed by atoms with E-state index in [4.69, 9.17) is 10.5 Å². The Morgan fingerprint density at radius 3 is 3.04 bits per heavy atom. The third-order valence-electron chi connectivity index (χ3n) is 4.61. The van der Waals surface area contributed by atoms with Crippen molar-refractivity contribution < 1.29 is 4.79 Å². The molecule has 9 heteroatoms. The molecule has 3 rings (SSSR count). The molecule has 1 N–H and O–H groups in total. The number of pyridine rings is 1. The topological polar surface area (TPSA) is 109 Å². The highest BCUT2D eigenvalue weighted by molar-refractivity contribution is 7.14. The Balaban J connectivity index is 1.68. The highest BCUT2D eigenvalue weighted by Crippen LogP contribution is 2.31. The molecule has 0 aromatic carbocycles. The first-order valence-electron chi connectivity index (χ1n) is 9.05. The van der Waals surface area contributed by atoms with E-state index >= 15 is 0 Å². The minimum absolute atomic E-state index is 0.156. The Morgan fingerprint density at radius 1 is 1.39 bits per heavy atom. The molecule has 1 atom stereocenters. The summed E-state index contributed by atoms with van der Waals surface area (Å²) in [6, 6.07) is 10.2. The van der Waals surface area contributed by atoms with Crippen molar-refractivity contribution in [3.8, 4) is 12.1 Å². The summed E-state index contributed by atoms with van der Waals surface area (Å²) in [6.07, 6.45) is 2.34. The van der Waals surface area contributed by atoms with Crippen LogP contribution in [0.15, 0.2) is 23.6 Å². The van der Waals surface area contributed by atoms with Gasteiger partial charge in [0.1, 0.15) is 11.5 Å². The summed E-state index contributed by atoms with van der Waals surface area (Å²) < 4.78 is 0. The van der Waals surface area contributed by atoms with Crippen LogP contribution in [0, 0.1) is 22.7 Å². The number of hydrogen-bond acceptors (Lipinski definition) is 8. The molecule has 8 nitrogen and oxygen atoms in total. The fourth-order valence-electron chi connectivity index (χ4n) is 3.20. The van der Waals surface area contributed by atoms with E-state index in [2.05, 4.69) is 26.3 Å². The van der Waals surface area contributed by atoms with Crippen LogP contribution in [0.25, 0.3) is 0 Å². The van der Waals surface area contributed by atoms with Crippen LogP contribution in [0.1, 0.15) is 41.5 Å². The Hall–Kier alpha value is -3.01. The van der Waals surface area contributed by atoms with Crippen molar-refractivity contribution in [2.75, 3.05) is 32.0 Å². The molecule has 0 bridgehead atoms. The van der Waals surface area contributed by atoms with E-state index < -0.39 is 0 Å². The molecule has 0 unspecified atom stereocenters. The summed E-state index contributed by atoms with van der Waals surface area (Å²) in [4.78, 5) is 25.0. The lowest BCUT2D eigenvalue weighted by atomic mass is 10.1. The zero-order valence-corrected chi connectivity index (χ0v) is 16.4. The molecule has 0 saturated carbocycles. The molecule has 28 heavy (non-hydrogen) atoms. The summed E-state index contributed by atoms with van der Waals surface area (Å²) in [6.45, 7) is 1.69. The molecule has 2 aromatic heterocycles. The van der Waals surface area contributed by atoms with E-state index in [0.717, 1.165) is 25.1 Å². The van der Waals surface area contributed by atoms with E-state index in [1.54, 1.807) is 12.4 Å². The Morgan fingerprint density at radius 2 is 2.25 bits per heavy atom. The molecule has 1 fully saturated rings. The minimum Gasteiger partial charge on any atom is -0.339 e. The molecular weight excluding hydrogens is 374 g/mol. The summed E-state index contributed by atoms with van der Waals surface area (Å²) in [7, 11) is 1.66. The number of nitriles is 2. The van der Waals surface area contributed by atoms with Gasteiger partial charge in [0.25, 0.3) is 5.91 Å². The van der Waals surface area contributed by atoms with Crippen LogP contribution in [-0.2, 0) is 0 Å². The van der Waals surface area contributed by atoms with Crippen molar-refractivity contribution in [2.45, 2.75) is 25.3 Å². The molecule has 1 aliphatic heterocycles. The van der Waals surface area contributed by atoms with Crippen LogP contribution in [0.3, 0.4) is 0 Å². The molecule has 0 spiro atoms. The highest BCUT2D eigenvalue weighted by atomic mass is 32.1. The van der Waals surface area contributed by atoms with Crippen LogP contribution in [-0.4, -0.2) is 52.4 Å². The SMILES string of the molecule is CN(CCC#N)C(=O)c1csc(Nc2cccc([C@@H]3CCCN3CC#N)n2)n1. The smallest absolute Gasteiger partial charge is 0.273 e. The van der Waals surface area contributed by atoms with Gasteiger partial charge in [-0.25, -0.2) is 9.97 Å². The van der Waals surface area contributed by atoms with Gasteiger partial charge in [-0.3, -0.25) is 9.69 Å². The molecule has 144 valence electrons. The summed E-state index contributed by atoms with van der Waals surface area (Å²) in [5.74, 6) is 0.451. The van der Waals surface area contributed by atoms with Gasteiger partial charge in [-0.1, -0.05) is 6.07 Å². The summed E-state index contributed by atoms with van der Waals surface area (Å²) >= 11 is 1.33. The van der Waals surface area contributed by atoms with Crippen LogP contribution < -0.4 is 5.32 Å². The number of likely N-dealkylation sites (tertiary alicyclic amines) is 1. The normalized spacial score (nSPS) is 16.3. The number of carbonyl (C=O) groups excluding carboxylic acids is 1. The number of nitrogens with one attached hydrogen (secondary N) is 1. The maximum atomic E-state index is 12.3. The third-order valence-corrected chi connectivity index (χ3v) is 5.37. The molecule has 2 aromatic rings. The number of hydrogen-bond donors (Lipinski definition) is 1. The number of aromatic nitrogens is 2. The predicted molar refractivity (Wildman–Crippen MR) is 106 cm³/mol. The van der Waals surface area contributed by atoms with E-state index in [1.165, 1.54) is 16.2 Å². The number of anilines is 2. The molecule has 1 saturated heterocycles. The lowest BCUT2D eigenvalue weighted by Gasteiger charge is -2.21. The fourth-order valence-corrected chi connectivity index (χ4v) is 3.89. The van der Waals surface area contributed by atoms with Crippen LogP contribution >= 0.6 is 11.3 Å². The Kier molecular flexibility index (Phi) is 6.53. The van der Waals surface area contributed by atoms with Gasteiger partial charge >= 0.3 is 0 Å². The van der Waals surface area contributed by atoms with E-state index in [1.807, 2.05) is 24.3 Å². The number of carbonyl (C=O) groups is 1. The first-order chi connectivity index (χ1) is 13.6. The van der Waals surface area contributed by atoms with Gasteiger partial charge in [0.15, 0.2) is 5.13 Å². The van der Waals surface area contributed by atoms with Gasteiger partial charge in [-0.05, 0) is 31.5 Å². The van der Waals surface area contributed by atoms with Crippen molar-refractivity contribution in [3.63, 3.8) is 0 Å². The minimum atomic E-state index is -0.209. The van der Waals surface area contributed by atoms with Crippen LogP contribution in [0.5, 0.6) is 0 Å². The Labute approximate surface area is 168 Å². The highest BCUT2D eigenvalue weighted by Gasteiger charge is 2.26. The van der Waals surface area contributed by atoms with Crippen molar-refractivity contribution in [1.82, 2.24) is 19.8 Å². The molecule has 1 aliphatic rings. The molecule has 1 amide bonds. The maximum Gasteiger partial charge on any atom is 0.273 e. The van der Waals surface area contributed by atoms with Gasteiger partial charge in [-0.15, -0.1) is 11.3 Å². The Bertz CT molecular complexity index is 913. The quantitative estimate of drug-likeness (QED) is 0.718. The van der Waals surface area contributed by atoms with Crippen molar-refractivity contribution in [1.29, 1.82) is 10.5 Å². The van der Waals surface area contributed by atoms with Crippen molar-refractivity contribution in [3.05, 3.63) is 35.0 Å². The first kappa shape index (κ1) is 19.7. The average molecular weight is 395 g/mol. The molecule has 3 heterocycles. The number of amides is 1. The van der Waals surface area contributed by atoms with Crippen molar-refractivity contribution >= 4 is 28.2 Å². The molecule has 0 radical (unpaired) electrons. The largest absolute Gasteiger partial charge is 0.339 e. The monoisotopic (exact) mass is 395 g/mol. The second kappa shape index (κ2) is 9.27. The van der Waals surface area contributed by atoms with Gasteiger partial charge in [0.2, 0.25) is 0 Å². The second-order valence-electron chi connectivity index (χ2n) is 6.53. The first-order valence-corrected chi connectivity index (χ1v) is 9.93. The lowest BCUT2D eigenvalue weighted by Crippen LogP contribution is -2.27. The predicted octanol–water partition coefficient (Wildman–Crippen LogP) is 2.93. The summed E-state index contributed by atoms with van der Waals surface area (Å²) in [5.41, 5.74) is 1.28. The van der Waals surface area contributed by atoms with Gasteiger partial charge in [0, 0.05) is 19.0 Å². The number of thiazole rings is 1. The van der Waals surface area contributed by atoms with Gasteiger partial charge < -0.3 is 10.2 Å². The molecule has 0 aliphatic carbocycles. The van der Waals surface area contributed by atoms with E-state index in [9.17, 15) is 4.79 Å². The second-order valence-corrected chi connectivity index (χ2v) is 7.39. The number of nitrogens with zero attached hydrogens (tertiary/aromatic N) is 6.